The third kappa shape index (κ3) is 5.59. The molecular weight excluding hydrogens is 466 g/mol. The summed E-state index contributed by atoms with van der Waals surface area (Å²) < 4.78 is 36.8. The van der Waals surface area contributed by atoms with E-state index in [0.717, 1.165) is 6.07 Å². The minimum Gasteiger partial charge on any atom is -0.452 e. The number of non-ortho nitro benzene ring substituents is 1. The monoisotopic (exact) mass is 483 g/mol. The molecule has 1 fully saturated rings. The molecule has 1 heterocycles. The number of nitrogens with zero attached hydrogens (tertiary/aromatic N) is 2. The summed E-state index contributed by atoms with van der Waals surface area (Å²) in [6, 6.07) is 8.78. The summed E-state index contributed by atoms with van der Waals surface area (Å²) >= 11 is 5.91. The van der Waals surface area contributed by atoms with Crippen LogP contribution in [0.25, 0.3) is 0 Å². The quantitative estimate of drug-likeness (QED) is 0.358. The fourth-order valence-corrected chi connectivity index (χ4v) is 4.46. The standard InChI is InChI=1S/C19H18ClN3O8S/c20-16-5-4-14(23(26)27)11-17(16)21-18(24)12-31-19(25)13-2-1-3-15(10-13)32(28,29)22-6-8-30-9-7-22/h1-5,10-11H,6-9,12H2,(H,21,24). The lowest BCUT2D eigenvalue weighted by Gasteiger charge is -2.26. The van der Waals surface area contributed by atoms with Gasteiger partial charge in [0.25, 0.3) is 11.6 Å². The van der Waals surface area contributed by atoms with Crippen molar-refractivity contribution in [3.05, 3.63) is 63.2 Å². The summed E-state index contributed by atoms with van der Waals surface area (Å²) in [5, 5.41) is 13.2. The van der Waals surface area contributed by atoms with Gasteiger partial charge in [0.05, 0.1) is 39.3 Å². The molecule has 1 aliphatic heterocycles. The maximum absolute atomic E-state index is 12.7. The molecule has 3 rings (SSSR count). The van der Waals surface area contributed by atoms with Gasteiger partial charge in [0.2, 0.25) is 10.0 Å². The Balaban J connectivity index is 1.64. The van der Waals surface area contributed by atoms with Gasteiger partial charge in [-0.25, -0.2) is 13.2 Å². The highest BCUT2D eigenvalue weighted by Gasteiger charge is 2.27. The first-order valence-electron chi connectivity index (χ1n) is 9.27. The lowest BCUT2D eigenvalue weighted by atomic mass is 10.2. The summed E-state index contributed by atoms with van der Waals surface area (Å²) in [7, 11) is -3.81. The van der Waals surface area contributed by atoms with Gasteiger partial charge < -0.3 is 14.8 Å². The van der Waals surface area contributed by atoms with Crippen molar-refractivity contribution in [1.82, 2.24) is 4.31 Å². The van der Waals surface area contributed by atoms with Crippen molar-refractivity contribution >= 4 is 44.9 Å². The van der Waals surface area contributed by atoms with Crippen molar-refractivity contribution in [3.8, 4) is 0 Å². The molecule has 11 nitrogen and oxygen atoms in total. The largest absolute Gasteiger partial charge is 0.452 e. The van der Waals surface area contributed by atoms with Crippen LogP contribution in [-0.2, 0) is 24.3 Å². The Hall–Kier alpha value is -3.06. The number of morpholine rings is 1. The number of ether oxygens (including phenoxy) is 2. The van der Waals surface area contributed by atoms with Crippen LogP contribution in [0.1, 0.15) is 10.4 Å². The molecule has 0 spiro atoms. The Labute approximate surface area is 188 Å². The molecule has 0 radical (unpaired) electrons. The molecule has 1 amide bonds. The maximum Gasteiger partial charge on any atom is 0.338 e. The fourth-order valence-electron chi connectivity index (χ4n) is 2.84. The number of esters is 1. The van der Waals surface area contributed by atoms with Crippen LogP contribution in [0.3, 0.4) is 0 Å². The number of halogens is 1. The molecule has 1 saturated heterocycles. The highest BCUT2D eigenvalue weighted by molar-refractivity contribution is 7.89. The van der Waals surface area contributed by atoms with E-state index in [1.54, 1.807) is 0 Å². The van der Waals surface area contributed by atoms with E-state index in [9.17, 15) is 28.1 Å². The van der Waals surface area contributed by atoms with Crippen LogP contribution < -0.4 is 5.32 Å². The van der Waals surface area contributed by atoms with Crippen LogP contribution in [0.15, 0.2) is 47.4 Å². The van der Waals surface area contributed by atoms with Crippen LogP contribution in [0, 0.1) is 10.1 Å². The lowest BCUT2D eigenvalue weighted by molar-refractivity contribution is -0.384. The van der Waals surface area contributed by atoms with Crippen molar-refractivity contribution in [3.63, 3.8) is 0 Å². The predicted octanol–water partition coefficient (Wildman–Crippen LogP) is 2.06. The number of amides is 1. The van der Waals surface area contributed by atoms with Crippen LogP contribution in [0.4, 0.5) is 11.4 Å². The van der Waals surface area contributed by atoms with Crippen molar-refractivity contribution in [2.45, 2.75) is 4.90 Å². The lowest BCUT2D eigenvalue weighted by Crippen LogP contribution is -2.40. The van der Waals surface area contributed by atoms with Crippen LogP contribution in [0.5, 0.6) is 0 Å². The van der Waals surface area contributed by atoms with Gasteiger partial charge in [0.1, 0.15) is 0 Å². The number of hydrogen-bond donors (Lipinski definition) is 1. The van der Waals surface area contributed by atoms with Gasteiger partial charge in [-0.15, -0.1) is 0 Å². The molecule has 0 unspecified atom stereocenters. The Bertz CT molecular complexity index is 1150. The average Bonchev–Trinajstić information content (AvgIpc) is 2.79. The van der Waals surface area contributed by atoms with Crippen molar-refractivity contribution < 1.29 is 32.4 Å². The van der Waals surface area contributed by atoms with E-state index in [2.05, 4.69) is 5.32 Å². The van der Waals surface area contributed by atoms with Gasteiger partial charge >= 0.3 is 5.97 Å². The van der Waals surface area contributed by atoms with E-state index in [1.807, 2.05) is 0 Å². The first-order valence-corrected chi connectivity index (χ1v) is 11.1. The van der Waals surface area contributed by atoms with Crippen LogP contribution in [-0.4, -0.2) is 62.4 Å². The predicted molar refractivity (Wildman–Crippen MR) is 113 cm³/mol. The Morgan fingerprint density at radius 1 is 1.19 bits per heavy atom. The van der Waals surface area contributed by atoms with E-state index < -0.39 is 33.4 Å². The van der Waals surface area contributed by atoms with Gasteiger partial charge in [-0.1, -0.05) is 17.7 Å². The summed E-state index contributed by atoms with van der Waals surface area (Å²) in [5.41, 5.74) is -0.346. The summed E-state index contributed by atoms with van der Waals surface area (Å²) in [6.45, 7) is 0.266. The first-order chi connectivity index (χ1) is 15.2. The van der Waals surface area contributed by atoms with Crippen molar-refractivity contribution in [2.75, 3.05) is 38.2 Å². The van der Waals surface area contributed by atoms with Crippen LogP contribution in [0.2, 0.25) is 5.02 Å². The number of hydrogen-bond acceptors (Lipinski definition) is 8. The molecule has 2 aromatic rings. The molecule has 2 aromatic carbocycles. The van der Waals surface area contributed by atoms with E-state index >= 15 is 0 Å². The number of anilines is 1. The maximum atomic E-state index is 12.7. The number of rotatable bonds is 7. The van der Waals surface area contributed by atoms with Crippen molar-refractivity contribution in [1.29, 1.82) is 0 Å². The molecular formula is C19H18ClN3O8S. The zero-order valence-corrected chi connectivity index (χ0v) is 18.1. The summed E-state index contributed by atoms with van der Waals surface area (Å²) in [5.74, 6) is -1.69. The summed E-state index contributed by atoms with van der Waals surface area (Å²) in [6.07, 6.45) is 0. The third-order valence-electron chi connectivity index (χ3n) is 4.45. The van der Waals surface area contributed by atoms with Gasteiger partial charge in [-0.2, -0.15) is 4.31 Å². The molecule has 0 saturated carbocycles. The number of carbonyl (C=O) groups is 2. The molecule has 0 aromatic heterocycles. The second-order valence-electron chi connectivity index (χ2n) is 6.59. The normalized spacial score (nSPS) is 14.5. The second kappa shape index (κ2) is 10.0. The molecule has 1 aliphatic rings. The van der Waals surface area contributed by atoms with Crippen molar-refractivity contribution in [2.24, 2.45) is 0 Å². The topological polar surface area (TPSA) is 145 Å². The zero-order chi connectivity index (χ0) is 23.3. The number of benzene rings is 2. The second-order valence-corrected chi connectivity index (χ2v) is 8.93. The highest BCUT2D eigenvalue weighted by Crippen LogP contribution is 2.26. The number of nitrogens with one attached hydrogen (secondary N) is 1. The smallest absolute Gasteiger partial charge is 0.338 e. The molecule has 0 bridgehead atoms. The average molecular weight is 484 g/mol. The number of carbonyl (C=O) groups excluding carboxylic acids is 2. The van der Waals surface area contributed by atoms with E-state index in [1.165, 1.54) is 40.7 Å². The SMILES string of the molecule is O=C(COC(=O)c1cccc(S(=O)(=O)N2CCOCC2)c1)Nc1cc([N+](=O)[O-])ccc1Cl. The van der Waals surface area contributed by atoms with Crippen LogP contribution >= 0.6 is 11.6 Å². The van der Waals surface area contributed by atoms with E-state index in [-0.39, 0.29) is 53.2 Å². The Morgan fingerprint density at radius 3 is 2.59 bits per heavy atom. The van der Waals surface area contributed by atoms with Gasteiger partial charge in [-0.3, -0.25) is 14.9 Å². The number of sulfonamides is 1. The third-order valence-corrected chi connectivity index (χ3v) is 6.67. The Kier molecular flexibility index (Phi) is 7.40. The first kappa shape index (κ1) is 23.6. The summed E-state index contributed by atoms with van der Waals surface area (Å²) in [4.78, 5) is 34.5. The molecule has 0 aliphatic carbocycles. The molecule has 13 heteroatoms. The molecule has 1 N–H and O–H groups in total. The zero-order valence-electron chi connectivity index (χ0n) is 16.5. The minimum atomic E-state index is -3.81. The van der Waals surface area contributed by atoms with E-state index in [0.29, 0.717) is 0 Å². The Morgan fingerprint density at radius 2 is 1.91 bits per heavy atom. The minimum absolute atomic E-state index is 0.0134. The molecule has 170 valence electrons. The highest BCUT2D eigenvalue weighted by atomic mass is 35.5. The number of nitro groups is 1. The fraction of sp³-hybridized carbons (Fsp3) is 0.263. The van der Waals surface area contributed by atoms with Gasteiger partial charge in [0.15, 0.2) is 6.61 Å². The molecule has 0 atom stereocenters. The van der Waals surface area contributed by atoms with Gasteiger partial charge in [0, 0.05) is 25.2 Å². The number of nitro benzene ring substituents is 1. The van der Waals surface area contributed by atoms with Gasteiger partial charge in [-0.05, 0) is 24.3 Å². The van der Waals surface area contributed by atoms with E-state index in [4.69, 9.17) is 21.1 Å². The molecule has 32 heavy (non-hydrogen) atoms.